The van der Waals surface area contributed by atoms with Crippen LogP contribution in [0.25, 0.3) is 0 Å². The van der Waals surface area contributed by atoms with Crippen molar-refractivity contribution in [3.63, 3.8) is 0 Å². The van der Waals surface area contributed by atoms with Crippen molar-refractivity contribution in [2.24, 2.45) is 10.8 Å². The van der Waals surface area contributed by atoms with Crippen LogP contribution in [0.4, 0.5) is 0 Å². The van der Waals surface area contributed by atoms with E-state index in [-0.39, 0.29) is 23.0 Å². The molecule has 2 aliphatic carbocycles. The van der Waals surface area contributed by atoms with E-state index in [9.17, 15) is 9.59 Å². The molecule has 2 rings (SSSR count). The van der Waals surface area contributed by atoms with Gasteiger partial charge in [-0.15, -0.1) is 0 Å². The molecule has 0 aromatic carbocycles. The fourth-order valence-corrected chi connectivity index (χ4v) is 3.37. The lowest BCUT2D eigenvalue weighted by molar-refractivity contribution is -0.139. The Morgan fingerprint density at radius 1 is 1.21 bits per heavy atom. The van der Waals surface area contributed by atoms with E-state index in [1.165, 1.54) is 0 Å². The minimum atomic E-state index is -0.716. The van der Waals surface area contributed by atoms with Crippen LogP contribution < -0.4 is 0 Å². The van der Waals surface area contributed by atoms with Gasteiger partial charge in [0.1, 0.15) is 5.78 Å². The topological polar surface area (TPSA) is 54.4 Å². The summed E-state index contributed by atoms with van der Waals surface area (Å²) in [6, 6.07) is 0. The lowest BCUT2D eigenvalue weighted by atomic mass is 9.79. The van der Waals surface area contributed by atoms with E-state index in [1.54, 1.807) is 6.92 Å². The molecule has 3 heteroatoms. The molecule has 3 nitrogen and oxygen atoms in total. The zero-order chi connectivity index (χ0) is 10.4. The summed E-state index contributed by atoms with van der Waals surface area (Å²) in [5, 5.41) is 8.83. The zero-order valence-corrected chi connectivity index (χ0v) is 8.51. The molecular weight excluding hydrogens is 180 g/mol. The number of carboxylic acid groups (broad SMARTS) is 1. The second kappa shape index (κ2) is 2.81. The Morgan fingerprint density at radius 2 is 1.79 bits per heavy atom. The summed E-state index contributed by atoms with van der Waals surface area (Å²) < 4.78 is 0. The lowest BCUT2D eigenvalue weighted by Crippen LogP contribution is -2.23. The highest BCUT2D eigenvalue weighted by molar-refractivity contribution is 5.83. The molecule has 0 aromatic rings. The monoisotopic (exact) mass is 196 g/mol. The molecule has 2 saturated carbocycles. The average Bonchev–Trinajstić information content (AvgIpc) is 2.58. The Labute approximate surface area is 83.5 Å². The van der Waals surface area contributed by atoms with E-state index >= 15 is 0 Å². The highest BCUT2D eigenvalue weighted by Crippen LogP contribution is 2.63. The van der Waals surface area contributed by atoms with Gasteiger partial charge in [-0.2, -0.15) is 0 Å². The lowest BCUT2D eigenvalue weighted by Gasteiger charge is -2.25. The minimum absolute atomic E-state index is 0.0441. The Balaban J connectivity index is 2.16. The standard InChI is InChI=1S/C11H16O3/c1-8(12)11-4-2-10(7-11,3-5-11)6-9(13)14/h2-7H2,1H3,(H,13,14). The van der Waals surface area contributed by atoms with Crippen molar-refractivity contribution in [3.05, 3.63) is 0 Å². The second-order valence-corrected chi connectivity index (χ2v) is 5.08. The third-order valence-corrected chi connectivity index (χ3v) is 4.25. The first-order valence-corrected chi connectivity index (χ1v) is 5.21. The largest absolute Gasteiger partial charge is 0.481 e. The van der Waals surface area contributed by atoms with Crippen molar-refractivity contribution >= 4 is 11.8 Å². The van der Waals surface area contributed by atoms with Gasteiger partial charge in [0, 0.05) is 5.41 Å². The predicted molar refractivity (Wildman–Crippen MR) is 50.9 cm³/mol. The van der Waals surface area contributed by atoms with Crippen LogP contribution in [0.1, 0.15) is 45.4 Å². The van der Waals surface area contributed by atoms with Crippen molar-refractivity contribution in [2.45, 2.75) is 45.4 Å². The molecule has 0 aliphatic heterocycles. The highest BCUT2D eigenvalue weighted by atomic mass is 16.4. The first-order chi connectivity index (χ1) is 6.48. The van der Waals surface area contributed by atoms with Crippen LogP contribution in [0.2, 0.25) is 0 Å². The van der Waals surface area contributed by atoms with E-state index in [4.69, 9.17) is 5.11 Å². The Morgan fingerprint density at radius 3 is 2.14 bits per heavy atom. The van der Waals surface area contributed by atoms with Gasteiger partial charge in [-0.3, -0.25) is 9.59 Å². The molecule has 0 saturated heterocycles. The fourth-order valence-electron chi connectivity index (χ4n) is 3.37. The molecule has 0 aromatic heterocycles. The van der Waals surface area contributed by atoms with Gasteiger partial charge in [-0.1, -0.05) is 0 Å². The predicted octanol–water partition coefficient (Wildman–Crippen LogP) is 2.00. The number of aliphatic carboxylic acids is 1. The van der Waals surface area contributed by atoms with Gasteiger partial charge in [-0.05, 0) is 44.4 Å². The average molecular weight is 196 g/mol. The summed E-state index contributed by atoms with van der Waals surface area (Å²) in [4.78, 5) is 22.2. The van der Waals surface area contributed by atoms with Crippen LogP contribution >= 0.6 is 0 Å². The number of carbonyl (C=O) groups excluding carboxylic acids is 1. The van der Waals surface area contributed by atoms with Gasteiger partial charge >= 0.3 is 5.97 Å². The fraction of sp³-hybridized carbons (Fsp3) is 0.818. The van der Waals surface area contributed by atoms with E-state index in [0.717, 1.165) is 32.1 Å². The number of hydrogen-bond acceptors (Lipinski definition) is 2. The number of carbonyl (C=O) groups is 2. The van der Waals surface area contributed by atoms with Crippen LogP contribution in [0.3, 0.4) is 0 Å². The van der Waals surface area contributed by atoms with Crippen molar-refractivity contribution in [1.82, 2.24) is 0 Å². The van der Waals surface area contributed by atoms with Crippen molar-refractivity contribution in [3.8, 4) is 0 Å². The summed E-state index contributed by atoms with van der Waals surface area (Å²) >= 11 is 0. The molecule has 2 aliphatic rings. The Kier molecular flexibility index (Phi) is 1.95. The van der Waals surface area contributed by atoms with E-state index in [0.29, 0.717) is 0 Å². The number of ketones is 1. The van der Waals surface area contributed by atoms with Crippen LogP contribution in [-0.4, -0.2) is 16.9 Å². The van der Waals surface area contributed by atoms with Crippen LogP contribution in [0.15, 0.2) is 0 Å². The molecule has 14 heavy (non-hydrogen) atoms. The number of fused-ring (bicyclic) bond motifs is 2. The number of hydrogen-bond donors (Lipinski definition) is 1. The van der Waals surface area contributed by atoms with Gasteiger partial charge in [0.25, 0.3) is 0 Å². The molecule has 78 valence electrons. The Hall–Kier alpha value is -0.860. The van der Waals surface area contributed by atoms with E-state index in [2.05, 4.69) is 0 Å². The van der Waals surface area contributed by atoms with Crippen molar-refractivity contribution < 1.29 is 14.7 Å². The molecular formula is C11H16O3. The maximum Gasteiger partial charge on any atom is 0.303 e. The third kappa shape index (κ3) is 1.26. The van der Waals surface area contributed by atoms with Crippen molar-refractivity contribution in [2.75, 3.05) is 0 Å². The quantitative estimate of drug-likeness (QED) is 0.751. The summed E-state index contributed by atoms with van der Waals surface area (Å²) in [7, 11) is 0. The Bertz CT molecular complexity index is 285. The third-order valence-electron chi connectivity index (χ3n) is 4.25. The van der Waals surface area contributed by atoms with Gasteiger partial charge in [0.2, 0.25) is 0 Å². The first-order valence-electron chi connectivity index (χ1n) is 5.21. The van der Waals surface area contributed by atoms with E-state index in [1.807, 2.05) is 0 Å². The number of carboxylic acids is 1. The smallest absolute Gasteiger partial charge is 0.303 e. The molecule has 0 spiro atoms. The molecule has 0 unspecified atom stereocenters. The molecule has 0 heterocycles. The summed E-state index contributed by atoms with van der Waals surface area (Å²) in [5.41, 5.74) is -0.188. The first kappa shape index (κ1) is 9.69. The molecule has 1 N–H and O–H groups in total. The summed E-state index contributed by atoms with van der Waals surface area (Å²) in [5.74, 6) is -0.450. The van der Waals surface area contributed by atoms with Gasteiger partial charge in [-0.25, -0.2) is 0 Å². The van der Waals surface area contributed by atoms with Gasteiger partial charge < -0.3 is 5.11 Å². The summed E-state index contributed by atoms with van der Waals surface area (Å²) in [6.45, 7) is 1.65. The van der Waals surface area contributed by atoms with Crippen LogP contribution in [-0.2, 0) is 9.59 Å². The van der Waals surface area contributed by atoms with Crippen molar-refractivity contribution in [1.29, 1.82) is 0 Å². The zero-order valence-electron chi connectivity index (χ0n) is 8.51. The number of Topliss-reactive ketones (excluding diaryl/α,β-unsaturated/α-hetero) is 1. The molecule has 2 bridgehead atoms. The SMILES string of the molecule is CC(=O)C12CCC(CC(=O)O)(CC1)C2. The minimum Gasteiger partial charge on any atom is -0.481 e. The molecule has 0 radical (unpaired) electrons. The van der Waals surface area contributed by atoms with Crippen LogP contribution in [0, 0.1) is 10.8 Å². The molecule has 0 amide bonds. The molecule has 0 atom stereocenters. The second-order valence-electron chi connectivity index (χ2n) is 5.08. The maximum absolute atomic E-state index is 11.5. The number of rotatable bonds is 3. The van der Waals surface area contributed by atoms with Gasteiger partial charge in [0.05, 0.1) is 6.42 Å². The molecule has 2 fully saturated rings. The normalized spacial score (nSPS) is 40.1. The maximum atomic E-state index is 11.5. The van der Waals surface area contributed by atoms with E-state index < -0.39 is 5.97 Å². The van der Waals surface area contributed by atoms with Crippen LogP contribution in [0.5, 0.6) is 0 Å². The highest BCUT2D eigenvalue weighted by Gasteiger charge is 2.56. The summed E-state index contributed by atoms with van der Waals surface area (Å²) in [6.07, 6.45) is 4.76. The van der Waals surface area contributed by atoms with Gasteiger partial charge in [0.15, 0.2) is 0 Å².